The molecule has 0 aliphatic carbocycles. The van der Waals surface area contributed by atoms with Gasteiger partial charge in [0.25, 0.3) is 0 Å². The van der Waals surface area contributed by atoms with E-state index in [9.17, 15) is 22.0 Å². The number of anilines is 1. The second-order valence-corrected chi connectivity index (χ2v) is 11.6. The number of benzene rings is 3. The van der Waals surface area contributed by atoms with Crippen molar-refractivity contribution in [1.29, 1.82) is 0 Å². The maximum absolute atomic E-state index is 14.4. The molecule has 10 heteroatoms. The smallest absolute Gasteiger partial charge is 0.243 e. The summed E-state index contributed by atoms with van der Waals surface area (Å²) in [5.41, 5.74) is 0.834. The van der Waals surface area contributed by atoms with Gasteiger partial charge in [-0.05, 0) is 36.6 Å². The third-order valence-electron chi connectivity index (χ3n) is 6.20. The van der Waals surface area contributed by atoms with Gasteiger partial charge in [0.2, 0.25) is 15.9 Å². The number of halogens is 2. The summed E-state index contributed by atoms with van der Waals surface area (Å²) in [4.78, 5) is 19.8. The summed E-state index contributed by atoms with van der Waals surface area (Å²) in [6.07, 6.45) is 1.04. The van der Waals surface area contributed by atoms with Gasteiger partial charge in [0, 0.05) is 19.2 Å². The number of piperidine rings is 1. The van der Waals surface area contributed by atoms with E-state index in [1.54, 1.807) is 18.2 Å². The molecule has 1 aromatic heterocycles. The van der Waals surface area contributed by atoms with Crippen LogP contribution < -0.4 is 4.90 Å². The van der Waals surface area contributed by atoms with Gasteiger partial charge >= 0.3 is 0 Å². The largest absolute Gasteiger partial charge is 0.283 e. The van der Waals surface area contributed by atoms with Gasteiger partial charge in [-0.3, -0.25) is 9.69 Å². The second kappa shape index (κ2) is 10.0. The molecule has 2 heterocycles. The first kappa shape index (κ1) is 24.5. The molecule has 0 saturated carbocycles. The zero-order chi connectivity index (χ0) is 25.3. The molecular formula is C26H23F2N3O3S2. The van der Waals surface area contributed by atoms with E-state index in [-0.39, 0.29) is 34.5 Å². The molecule has 1 aliphatic heterocycles. The minimum absolute atomic E-state index is 0.000752. The highest BCUT2D eigenvalue weighted by atomic mass is 32.2. The van der Waals surface area contributed by atoms with Gasteiger partial charge in [0.05, 0.1) is 22.1 Å². The normalized spacial score (nSPS) is 16.8. The summed E-state index contributed by atoms with van der Waals surface area (Å²) in [5.74, 6) is -2.41. The first-order valence-electron chi connectivity index (χ1n) is 11.5. The van der Waals surface area contributed by atoms with Gasteiger partial charge in [0.1, 0.15) is 11.3 Å². The molecule has 1 saturated heterocycles. The fourth-order valence-electron chi connectivity index (χ4n) is 4.39. The summed E-state index contributed by atoms with van der Waals surface area (Å²) in [6, 6.07) is 19.4. The number of fused-ring (bicyclic) bond motifs is 1. The molecule has 1 aliphatic rings. The van der Waals surface area contributed by atoms with Gasteiger partial charge in [-0.1, -0.05) is 59.9 Å². The Morgan fingerprint density at radius 3 is 2.47 bits per heavy atom. The molecule has 36 heavy (non-hydrogen) atoms. The molecular weight excluding hydrogens is 504 g/mol. The second-order valence-electron chi connectivity index (χ2n) is 8.66. The monoisotopic (exact) mass is 527 g/mol. The number of aromatic nitrogens is 1. The Kier molecular flexibility index (Phi) is 6.83. The van der Waals surface area contributed by atoms with Gasteiger partial charge in [0.15, 0.2) is 10.9 Å². The standard InChI is InChI=1S/C26H23F2N3O3S2/c27-20-14-22(28)24-23(15-20)35-26(29-24)31(16-18-8-3-1-4-9-18)25(32)19-10-7-13-30(17-19)36(33,34)21-11-5-2-6-12-21/h1-6,8-9,11-12,14-15,19H,7,10,13,16-17H2. The molecule has 3 aromatic carbocycles. The average molecular weight is 528 g/mol. The number of rotatable bonds is 6. The Hall–Kier alpha value is -3.21. The molecule has 1 amide bonds. The summed E-state index contributed by atoms with van der Waals surface area (Å²) in [6.45, 7) is 0.534. The van der Waals surface area contributed by atoms with E-state index in [0.29, 0.717) is 24.1 Å². The number of hydrogen-bond acceptors (Lipinski definition) is 5. The van der Waals surface area contributed by atoms with Crippen LogP contribution in [0.2, 0.25) is 0 Å². The molecule has 186 valence electrons. The van der Waals surface area contributed by atoms with Crippen LogP contribution in [0.1, 0.15) is 18.4 Å². The minimum atomic E-state index is -3.75. The van der Waals surface area contributed by atoms with Gasteiger partial charge in [-0.25, -0.2) is 22.2 Å². The first-order valence-corrected chi connectivity index (χ1v) is 13.7. The van der Waals surface area contributed by atoms with E-state index in [1.165, 1.54) is 27.4 Å². The van der Waals surface area contributed by atoms with Crippen molar-refractivity contribution in [2.75, 3.05) is 18.0 Å². The molecule has 0 radical (unpaired) electrons. The molecule has 0 spiro atoms. The molecule has 0 N–H and O–H groups in total. The maximum Gasteiger partial charge on any atom is 0.243 e. The molecule has 1 unspecified atom stereocenters. The predicted molar refractivity (Wildman–Crippen MR) is 135 cm³/mol. The summed E-state index contributed by atoms with van der Waals surface area (Å²) >= 11 is 1.03. The Bertz CT molecular complexity index is 1500. The lowest BCUT2D eigenvalue weighted by molar-refractivity contribution is -0.123. The Balaban J connectivity index is 1.47. The SMILES string of the molecule is O=C(C1CCCN(S(=O)(=O)c2ccccc2)C1)N(Cc1ccccc1)c1nc2c(F)cc(F)cc2s1. The zero-order valence-corrected chi connectivity index (χ0v) is 20.8. The van der Waals surface area contributed by atoms with Crippen LogP contribution in [0.15, 0.2) is 77.7 Å². The van der Waals surface area contributed by atoms with Crippen LogP contribution in [0.25, 0.3) is 10.2 Å². The van der Waals surface area contributed by atoms with Crippen LogP contribution >= 0.6 is 11.3 Å². The topological polar surface area (TPSA) is 70.6 Å². The van der Waals surface area contributed by atoms with Crippen molar-refractivity contribution in [3.8, 4) is 0 Å². The number of amides is 1. The van der Waals surface area contributed by atoms with Crippen LogP contribution in [0.3, 0.4) is 0 Å². The number of carbonyl (C=O) groups excluding carboxylic acids is 1. The molecule has 1 fully saturated rings. The summed E-state index contributed by atoms with van der Waals surface area (Å²) in [5, 5.41) is 0.242. The van der Waals surface area contributed by atoms with Gasteiger partial charge in [-0.2, -0.15) is 4.31 Å². The van der Waals surface area contributed by atoms with Crippen molar-refractivity contribution in [1.82, 2.24) is 9.29 Å². The Morgan fingerprint density at radius 2 is 1.75 bits per heavy atom. The van der Waals surface area contributed by atoms with E-state index in [0.717, 1.165) is 23.0 Å². The van der Waals surface area contributed by atoms with Crippen LogP contribution in [-0.2, 0) is 21.4 Å². The van der Waals surface area contributed by atoms with E-state index in [2.05, 4.69) is 4.98 Å². The van der Waals surface area contributed by atoms with Crippen molar-refractivity contribution in [2.24, 2.45) is 5.92 Å². The minimum Gasteiger partial charge on any atom is -0.283 e. The average Bonchev–Trinajstić information content (AvgIpc) is 3.32. The summed E-state index contributed by atoms with van der Waals surface area (Å²) in [7, 11) is -3.75. The summed E-state index contributed by atoms with van der Waals surface area (Å²) < 4.78 is 56.2. The van der Waals surface area contributed by atoms with Crippen molar-refractivity contribution in [3.05, 3.63) is 90.0 Å². The number of hydrogen-bond donors (Lipinski definition) is 0. The molecule has 1 atom stereocenters. The fourth-order valence-corrected chi connectivity index (χ4v) is 6.95. The lowest BCUT2D eigenvalue weighted by atomic mass is 9.98. The van der Waals surface area contributed by atoms with E-state index >= 15 is 0 Å². The predicted octanol–water partition coefficient (Wildman–Crippen LogP) is 5.21. The molecule has 6 nitrogen and oxygen atoms in total. The number of nitrogens with zero attached hydrogens (tertiary/aromatic N) is 3. The number of carbonyl (C=O) groups is 1. The Morgan fingerprint density at radius 1 is 1.06 bits per heavy atom. The Labute approximate surface area is 211 Å². The van der Waals surface area contributed by atoms with Gasteiger partial charge < -0.3 is 0 Å². The van der Waals surface area contributed by atoms with E-state index in [4.69, 9.17) is 0 Å². The van der Waals surface area contributed by atoms with Crippen LogP contribution in [0.5, 0.6) is 0 Å². The van der Waals surface area contributed by atoms with Gasteiger partial charge in [-0.15, -0.1) is 0 Å². The maximum atomic E-state index is 14.4. The van der Waals surface area contributed by atoms with Crippen molar-refractivity contribution < 1.29 is 22.0 Å². The highest BCUT2D eigenvalue weighted by Gasteiger charge is 2.36. The van der Waals surface area contributed by atoms with Crippen molar-refractivity contribution in [2.45, 2.75) is 24.3 Å². The highest BCUT2D eigenvalue weighted by molar-refractivity contribution is 7.89. The van der Waals surface area contributed by atoms with Crippen molar-refractivity contribution >= 4 is 42.6 Å². The number of sulfonamides is 1. The third kappa shape index (κ3) is 4.88. The van der Waals surface area contributed by atoms with Crippen LogP contribution in [0.4, 0.5) is 13.9 Å². The van der Waals surface area contributed by atoms with Crippen molar-refractivity contribution in [3.63, 3.8) is 0 Å². The fraction of sp³-hybridized carbons (Fsp3) is 0.231. The molecule has 4 aromatic rings. The highest BCUT2D eigenvalue weighted by Crippen LogP contribution is 2.34. The quantitative estimate of drug-likeness (QED) is 0.345. The number of thiazole rings is 1. The first-order chi connectivity index (χ1) is 17.3. The molecule has 5 rings (SSSR count). The van der Waals surface area contributed by atoms with E-state index in [1.807, 2.05) is 30.3 Å². The lowest BCUT2D eigenvalue weighted by Gasteiger charge is -2.33. The third-order valence-corrected chi connectivity index (χ3v) is 9.10. The molecule has 0 bridgehead atoms. The zero-order valence-electron chi connectivity index (χ0n) is 19.2. The van der Waals surface area contributed by atoms with E-state index < -0.39 is 27.6 Å². The van der Waals surface area contributed by atoms with Crippen LogP contribution in [-0.4, -0.2) is 36.7 Å². The lowest BCUT2D eigenvalue weighted by Crippen LogP contribution is -2.46. The van der Waals surface area contributed by atoms with Crippen LogP contribution in [0, 0.1) is 17.6 Å².